The highest BCUT2D eigenvalue weighted by molar-refractivity contribution is 5.41. The van der Waals surface area contributed by atoms with Crippen molar-refractivity contribution >= 4 is 0 Å². The Morgan fingerprint density at radius 1 is 0.448 bits per heavy atom. The van der Waals surface area contributed by atoms with E-state index in [9.17, 15) is 20.4 Å². The van der Waals surface area contributed by atoms with E-state index >= 15 is 0 Å². The average molecular weight is 401 g/mol. The van der Waals surface area contributed by atoms with E-state index in [-0.39, 0.29) is 0 Å². The Balaban J connectivity index is 2.61. The lowest BCUT2D eigenvalue weighted by molar-refractivity contribution is 0.0707. The predicted octanol–water partition coefficient (Wildman–Crippen LogP) is 4.19. The summed E-state index contributed by atoms with van der Waals surface area (Å²) in [7, 11) is 0. The summed E-state index contributed by atoms with van der Waals surface area (Å²) in [6.45, 7) is 13.8. The van der Waals surface area contributed by atoms with E-state index < -0.39 is 22.4 Å². The maximum absolute atomic E-state index is 10.5. The van der Waals surface area contributed by atoms with E-state index in [0.29, 0.717) is 6.42 Å². The minimum atomic E-state index is -1.04. The van der Waals surface area contributed by atoms with Crippen molar-refractivity contribution in [2.24, 2.45) is 0 Å². The van der Waals surface area contributed by atoms with Crippen molar-refractivity contribution < 1.29 is 20.4 Å². The van der Waals surface area contributed by atoms with Crippen LogP contribution in [0.3, 0.4) is 0 Å². The highest BCUT2D eigenvalue weighted by atomic mass is 16.3. The third-order valence-electron chi connectivity index (χ3n) is 5.22. The molecular formula is C25H36O4. The number of aliphatic hydroxyl groups is 4. The molecule has 0 aliphatic rings. The first-order valence-corrected chi connectivity index (χ1v) is 10.1. The Kier molecular flexibility index (Phi) is 6.10. The molecule has 0 spiro atoms. The van der Waals surface area contributed by atoms with E-state index in [4.69, 9.17) is 0 Å². The zero-order valence-electron chi connectivity index (χ0n) is 19.0. The van der Waals surface area contributed by atoms with Crippen LogP contribution in [0.1, 0.15) is 88.8 Å². The maximum atomic E-state index is 10.5. The highest BCUT2D eigenvalue weighted by Crippen LogP contribution is 2.32. The molecule has 0 radical (unpaired) electrons. The van der Waals surface area contributed by atoms with Crippen LogP contribution in [0.4, 0.5) is 0 Å². The molecule has 0 aromatic heterocycles. The molecule has 4 N–H and O–H groups in total. The minimum Gasteiger partial charge on any atom is -0.386 e. The van der Waals surface area contributed by atoms with Gasteiger partial charge >= 0.3 is 0 Å². The Hall–Kier alpha value is -1.72. The molecule has 2 rings (SSSR count). The van der Waals surface area contributed by atoms with E-state index in [1.54, 1.807) is 55.4 Å². The zero-order valence-corrected chi connectivity index (χ0v) is 19.0. The standard InChI is InChI=1S/C25H36O4/c1-22(2,26)18-10-16(11-19(14-18)23(3,4)27)9-17-12-20(24(5,6)28)15-21(13-17)25(7,8)29/h10-15,26-29H,9H2,1-8H3. The van der Waals surface area contributed by atoms with Gasteiger partial charge in [-0.15, -0.1) is 0 Å². The minimum absolute atomic E-state index is 0.542. The van der Waals surface area contributed by atoms with Gasteiger partial charge < -0.3 is 20.4 Å². The molecule has 0 aliphatic carbocycles. The molecule has 0 amide bonds. The molecule has 0 bridgehead atoms. The van der Waals surface area contributed by atoms with Crippen molar-refractivity contribution in [3.63, 3.8) is 0 Å². The summed E-state index contributed by atoms with van der Waals surface area (Å²) in [5.74, 6) is 0. The summed E-state index contributed by atoms with van der Waals surface area (Å²) in [6, 6.07) is 11.4. The van der Waals surface area contributed by atoms with E-state index in [2.05, 4.69) is 0 Å². The van der Waals surface area contributed by atoms with Gasteiger partial charge in [-0.2, -0.15) is 0 Å². The second-order valence-electron chi connectivity index (χ2n) is 10.3. The van der Waals surface area contributed by atoms with Crippen LogP contribution < -0.4 is 0 Å². The quantitative estimate of drug-likeness (QED) is 0.586. The van der Waals surface area contributed by atoms with E-state index in [1.807, 2.05) is 36.4 Å². The summed E-state index contributed by atoms with van der Waals surface area (Å²) in [5.41, 5.74) is 0.648. The molecule has 4 nitrogen and oxygen atoms in total. The first kappa shape index (κ1) is 23.6. The lowest BCUT2D eigenvalue weighted by Gasteiger charge is -2.26. The first-order chi connectivity index (χ1) is 12.9. The molecule has 2 aromatic rings. The van der Waals surface area contributed by atoms with Crippen LogP contribution in [0, 0.1) is 0 Å². The second-order valence-corrected chi connectivity index (χ2v) is 10.3. The van der Waals surface area contributed by atoms with Gasteiger partial charge in [0.25, 0.3) is 0 Å². The summed E-state index contributed by atoms with van der Waals surface area (Å²) >= 11 is 0. The Morgan fingerprint density at radius 3 is 0.828 bits per heavy atom. The fourth-order valence-corrected chi connectivity index (χ4v) is 3.24. The molecule has 0 heterocycles. The van der Waals surface area contributed by atoms with Gasteiger partial charge in [0.05, 0.1) is 22.4 Å². The van der Waals surface area contributed by atoms with Gasteiger partial charge in [0.2, 0.25) is 0 Å². The molecule has 29 heavy (non-hydrogen) atoms. The van der Waals surface area contributed by atoms with Gasteiger partial charge in [-0.25, -0.2) is 0 Å². The monoisotopic (exact) mass is 400 g/mol. The predicted molar refractivity (Wildman–Crippen MR) is 117 cm³/mol. The van der Waals surface area contributed by atoms with Crippen LogP contribution in [0.2, 0.25) is 0 Å². The van der Waals surface area contributed by atoms with Gasteiger partial charge in [-0.05, 0) is 95.2 Å². The van der Waals surface area contributed by atoms with Crippen molar-refractivity contribution in [3.8, 4) is 0 Å². The third-order valence-corrected chi connectivity index (χ3v) is 5.22. The fourth-order valence-electron chi connectivity index (χ4n) is 3.24. The van der Waals surface area contributed by atoms with Crippen LogP contribution in [0.15, 0.2) is 36.4 Å². The normalized spacial score (nSPS) is 13.7. The SMILES string of the molecule is CC(C)(O)c1cc(Cc2cc(C(C)(C)O)cc(C(C)(C)O)c2)cc(C(C)(C)O)c1. The van der Waals surface area contributed by atoms with Gasteiger partial charge in [-0.3, -0.25) is 0 Å². The number of hydrogen-bond acceptors (Lipinski definition) is 4. The first-order valence-electron chi connectivity index (χ1n) is 10.1. The van der Waals surface area contributed by atoms with Gasteiger partial charge in [0.1, 0.15) is 0 Å². The van der Waals surface area contributed by atoms with Crippen LogP contribution in [-0.4, -0.2) is 20.4 Å². The Morgan fingerprint density at radius 2 is 0.655 bits per heavy atom. The topological polar surface area (TPSA) is 80.9 Å². The number of hydrogen-bond donors (Lipinski definition) is 4. The molecule has 0 saturated heterocycles. The molecule has 2 aromatic carbocycles. The summed E-state index contributed by atoms with van der Waals surface area (Å²) in [6.07, 6.45) is 0.542. The molecule has 0 saturated carbocycles. The van der Waals surface area contributed by atoms with Gasteiger partial charge in [0, 0.05) is 0 Å². The van der Waals surface area contributed by atoms with Gasteiger partial charge in [0.15, 0.2) is 0 Å². The molecule has 160 valence electrons. The van der Waals surface area contributed by atoms with Crippen molar-refractivity contribution in [1.29, 1.82) is 0 Å². The van der Waals surface area contributed by atoms with Crippen LogP contribution >= 0.6 is 0 Å². The molecule has 0 fully saturated rings. The summed E-state index contributed by atoms with van der Waals surface area (Å²) in [4.78, 5) is 0. The highest BCUT2D eigenvalue weighted by Gasteiger charge is 2.25. The second kappa shape index (κ2) is 7.51. The molecular weight excluding hydrogens is 364 g/mol. The Bertz CT molecular complexity index is 732. The van der Waals surface area contributed by atoms with Crippen molar-refractivity contribution in [3.05, 3.63) is 69.8 Å². The van der Waals surface area contributed by atoms with Gasteiger partial charge in [-0.1, -0.05) is 36.4 Å². The average Bonchev–Trinajstić information content (AvgIpc) is 2.51. The van der Waals surface area contributed by atoms with Crippen LogP contribution in [0.5, 0.6) is 0 Å². The molecule has 4 heteroatoms. The van der Waals surface area contributed by atoms with E-state index in [1.165, 1.54) is 0 Å². The maximum Gasteiger partial charge on any atom is 0.0840 e. The number of rotatable bonds is 6. The summed E-state index contributed by atoms with van der Waals surface area (Å²) < 4.78 is 0. The molecule has 0 aliphatic heterocycles. The van der Waals surface area contributed by atoms with Crippen molar-refractivity contribution in [1.82, 2.24) is 0 Å². The molecule has 0 atom stereocenters. The largest absolute Gasteiger partial charge is 0.386 e. The molecule has 0 unspecified atom stereocenters. The smallest absolute Gasteiger partial charge is 0.0840 e. The summed E-state index contributed by atoms with van der Waals surface area (Å²) in [5, 5.41) is 42.1. The zero-order chi connectivity index (χ0) is 22.4. The number of benzene rings is 2. The van der Waals surface area contributed by atoms with Crippen molar-refractivity contribution in [2.45, 2.75) is 84.2 Å². The lowest BCUT2D eigenvalue weighted by Crippen LogP contribution is -2.21. The fraction of sp³-hybridized carbons (Fsp3) is 0.520. The third kappa shape index (κ3) is 6.13. The lowest BCUT2D eigenvalue weighted by atomic mass is 9.85. The van der Waals surface area contributed by atoms with Crippen LogP contribution in [-0.2, 0) is 28.8 Å². The Labute approximate surface area is 174 Å². The van der Waals surface area contributed by atoms with Crippen LogP contribution in [0.25, 0.3) is 0 Å². The van der Waals surface area contributed by atoms with Crippen molar-refractivity contribution in [2.75, 3.05) is 0 Å². The van der Waals surface area contributed by atoms with E-state index in [0.717, 1.165) is 33.4 Å².